The first-order chi connectivity index (χ1) is 19.3. The third kappa shape index (κ3) is 5.11. The molecular weight excluding hydrogens is 549 g/mol. The van der Waals surface area contributed by atoms with Crippen molar-refractivity contribution in [2.45, 2.75) is 44.6 Å². The molecule has 1 aliphatic rings. The fourth-order valence-electron chi connectivity index (χ4n) is 4.97. The number of aromatic nitrogens is 2. The summed E-state index contributed by atoms with van der Waals surface area (Å²) in [5, 5.41) is 12.3. The first kappa shape index (κ1) is 28.4. The molecule has 2 aromatic heterocycles. The standard InChI is InChI=1S/C31H29ClFN3O5/c1-16-9-19-10-18(12-24(40-4)26(19)35-14-16)23(37)7-8-31(3,39)25-13-20-28(41-15-30(20,2)29(34)38)27(36-25)17-5-6-22(33)21(32)11-17/h5-6,9-14,39H,7-8,15H2,1-4H3,(H2,34,38)/t30-,31-/m0/s1. The molecule has 212 valence electrons. The fraction of sp³-hybridized carbons (Fsp3) is 0.290. The van der Waals surface area contributed by atoms with E-state index in [9.17, 15) is 19.1 Å². The number of ketones is 1. The van der Waals surface area contributed by atoms with Crippen LogP contribution in [-0.4, -0.2) is 40.5 Å². The van der Waals surface area contributed by atoms with E-state index >= 15 is 0 Å². The minimum absolute atomic E-state index is 0.0129. The van der Waals surface area contributed by atoms with Crippen LogP contribution < -0.4 is 15.2 Å². The second-order valence-corrected chi connectivity index (χ2v) is 11.2. The molecule has 1 amide bonds. The Bertz CT molecular complexity index is 1720. The summed E-state index contributed by atoms with van der Waals surface area (Å²) in [6, 6.07) is 11.0. The minimum atomic E-state index is -1.59. The molecule has 0 spiro atoms. The second-order valence-electron chi connectivity index (χ2n) is 10.8. The molecule has 0 saturated carbocycles. The van der Waals surface area contributed by atoms with Crippen LogP contribution in [0.1, 0.15) is 53.9 Å². The van der Waals surface area contributed by atoms with Crippen LogP contribution in [0.15, 0.2) is 48.7 Å². The van der Waals surface area contributed by atoms with Gasteiger partial charge in [-0.25, -0.2) is 9.37 Å². The lowest BCUT2D eigenvalue weighted by molar-refractivity contribution is -0.123. The van der Waals surface area contributed by atoms with Gasteiger partial charge in [-0.05, 0) is 75.2 Å². The summed E-state index contributed by atoms with van der Waals surface area (Å²) in [5.41, 5.74) is 6.33. The van der Waals surface area contributed by atoms with Gasteiger partial charge in [-0.3, -0.25) is 14.6 Å². The predicted octanol–water partition coefficient (Wildman–Crippen LogP) is 5.41. The van der Waals surface area contributed by atoms with E-state index in [0.717, 1.165) is 10.9 Å². The highest BCUT2D eigenvalue weighted by atomic mass is 35.5. The van der Waals surface area contributed by atoms with Gasteiger partial charge in [-0.1, -0.05) is 11.6 Å². The molecule has 0 radical (unpaired) electrons. The zero-order valence-electron chi connectivity index (χ0n) is 23.0. The molecule has 4 aromatic rings. The van der Waals surface area contributed by atoms with Crippen LogP contribution in [-0.2, 0) is 15.8 Å². The van der Waals surface area contributed by atoms with Gasteiger partial charge in [0.15, 0.2) is 5.78 Å². The molecule has 2 aromatic carbocycles. The quantitative estimate of drug-likeness (QED) is 0.268. The second kappa shape index (κ2) is 10.4. The third-order valence-electron chi connectivity index (χ3n) is 7.63. The van der Waals surface area contributed by atoms with E-state index in [2.05, 4.69) is 9.97 Å². The summed E-state index contributed by atoms with van der Waals surface area (Å²) in [7, 11) is 1.52. The molecular formula is C31H29ClFN3O5. The number of amides is 1. The number of pyridine rings is 2. The van der Waals surface area contributed by atoms with Crippen LogP contribution >= 0.6 is 11.6 Å². The Morgan fingerprint density at radius 1 is 1.24 bits per heavy atom. The monoisotopic (exact) mass is 577 g/mol. The average Bonchev–Trinajstić information content (AvgIpc) is 3.29. The van der Waals surface area contributed by atoms with Crippen LogP contribution in [0, 0.1) is 12.7 Å². The number of carbonyl (C=O) groups is 2. The van der Waals surface area contributed by atoms with Crippen molar-refractivity contribution < 1.29 is 28.6 Å². The highest BCUT2D eigenvalue weighted by Crippen LogP contribution is 2.46. The number of primary amides is 1. The smallest absolute Gasteiger partial charge is 0.231 e. The van der Waals surface area contributed by atoms with E-state index in [1.54, 1.807) is 38.2 Å². The van der Waals surface area contributed by atoms with Gasteiger partial charge in [0, 0.05) is 34.7 Å². The van der Waals surface area contributed by atoms with Gasteiger partial charge in [0.1, 0.15) is 46.1 Å². The maximum Gasteiger partial charge on any atom is 0.231 e. The van der Waals surface area contributed by atoms with Crippen molar-refractivity contribution in [3.05, 3.63) is 81.9 Å². The molecule has 0 bridgehead atoms. The van der Waals surface area contributed by atoms with Crippen LogP contribution in [0.5, 0.6) is 11.5 Å². The van der Waals surface area contributed by atoms with Gasteiger partial charge in [-0.15, -0.1) is 0 Å². The van der Waals surface area contributed by atoms with E-state index in [4.69, 9.17) is 26.8 Å². The minimum Gasteiger partial charge on any atom is -0.494 e. The normalized spacial score (nSPS) is 17.5. The molecule has 3 heterocycles. The highest BCUT2D eigenvalue weighted by Gasteiger charge is 2.45. The van der Waals surface area contributed by atoms with E-state index in [-0.39, 0.29) is 41.6 Å². The number of benzene rings is 2. The number of methoxy groups -OCH3 is 1. The third-order valence-corrected chi connectivity index (χ3v) is 7.92. The van der Waals surface area contributed by atoms with Gasteiger partial charge in [-0.2, -0.15) is 0 Å². The Morgan fingerprint density at radius 3 is 2.68 bits per heavy atom. The molecule has 41 heavy (non-hydrogen) atoms. The zero-order valence-corrected chi connectivity index (χ0v) is 23.8. The highest BCUT2D eigenvalue weighted by molar-refractivity contribution is 6.31. The number of hydrogen-bond donors (Lipinski definition) is 2. The van der Waals surface area contributed by atoms with Crippen molar-refractivity contribution in [1.29, 1.82) is 0 Å². The summed E-state index contributed by atoms with van der Waals surface area (Å²) >= 11 is 6.04. The summed E-state index contributed by atoms with van der Waals surface area (Å²) in [6.07, 6.45) is 1.73. The Labute approximate surface area is 241 Å². The number of rotatable bonds is 8. The van der Waals surface area contributed by atoms with Gasteiger partial charge < -0.3 is 20.3 Å². The average molecular weight is 578 g/mol. The molecule has 0 saturated heterocycles. The molecule has 8 nitrogen and oxygen atoms in total. The summed E-state index contributed by atoms with van der Waals surface area (Å²) in [6.45, 7) is 5.08. The number of fused-ring (bicyclic) bond motifs is 2. The summed E-state index contributed by atoms with van der Waals surface area (Å²) in [4.78, 5) is 34.9. The number of aryl methyl sites for hydroxylation is 1. The lowest BCUT2D eigenvalue weighted by Gasteiger charge is -2.26. The first-order valence-electron chi connectivity index (χ1n) is 13.0. The van der Waals surface area contributed by atoms with Gasteiger partial charge in [0.05, 0.1) is 17.8 Å². The topological polar surface area (TPSA) is 125 Å². The number of halogens is 2. The van der Waals surface area contributed by atoms with Crippen molar-refractivity contribution in [3.8, 4) is 22.8 Å². The molecule has 0 unspecified atom stereocenters. The summed E-state index contributed by atoms with van der Waals surface area (Å²) < 4.78 is 25.3. The predicted molar refractivity (Wildman–Crippen MR) is 153 cm³/mol. The van der Waals surface area contributed by atoms with Crippen molar-refractivity contribution in [2.75, 3.05) is 13.7 Å². The van der Waals surface area contributed by atoms with E-state index in [1.165, 1.54) is 25.3 Å². The van der Waals surface area contributed by atoms with Crippen LogP contribution in [0.4, 0.5) is 4.39 Å². The largest absolute Gasteiger partial charge is 0.494 e. The maximum absolute atomic E-state index is 13.9. The van der Waals surface area contributed by atoms with Gasteiger partial charge in [0.2, 0.25) is 5.91 Å². The molecule has 0 fully saturated rings. The van der Waals surface area contributed by atoms with E-state index in [0.29, 0.717) is 33.7 Å². The number of nitrogens with zero attached hydrogens (tertiary/aromatic N) is 2. The molecule has 1 aliphatic heterocycles. The summed E-state index contributed by atoms with van der Waals surface area (Å²) in [5.74, 6) is -0.638. The van der Waals surface area contributed by atoms with Crippen LogP contribution in [0.25, 0.3) is 22.2 Å². The SMILES string of the molecule is COc1cc(C(=O)CC[C@](C)(O)c2cc3c(c(-c4ccc(F)c(Cl)c4)n2)OC[C@]3(C)C(N)=O)cc2cc(C)cnc12. The lowest BCUT2D eigenvalue weighted by atomic mass is 9.81. The molecule has 0 aliphatic carbocycles. The number of nitrogens with two attached hydrogens (primary N) is 1. The Kier molecular flexibility index (Phi) is 7.21. The zero-order chi connectivity index (χ0) is 29.7. The molecule has 10 heteroatoms. The van der Waals surface area contributed by atoms with Crippen LogP contribution in [0.3, 0.4) is 0 Å². The lowest BCUT2D eigenvalue weighted by Crippen LogP contribution is -2.40. The Balaban J connectivity index is 1.51. The van der Waals surface area contributed by atoms with E-state index in [1.807, 2.05) is 13.0 Å². The number of hydrogen-bond acceptors (Lipinski definition) is 7. The number of aliphatic hydroxyl groups is 1. The number of Topliss-reactive ketones (excluding diaryl/α,β-unsaturated/α-hetero) is 1. The van der Waals surface area contributed by atoms with Gasteiger partial charge >= 0.3 is 0 Å². The molecule has 5 rings (SSSR count). The first-order valence-corrected chi connectivity index (χ1v) is 13.4. The van der Waals surface area contributed by atoms with Crippen molar-refractivity contribution in [1.82, 2.24) is 9.97 Å². The Hall–Kier alpha value is -4.08. The molecule has 3 N–H and O–H groups in total. The van der Waals surface area contributed by atoms with Crippen LogP contribution in [0.2, 0.25) is 5.02 Å². The molecule has 2 atom stereocenters. The van der Waals surface area contributed by atoms with Crippen molar-refractivity contribution >= 4 is 34.2 Å². The van der Waals surface area contributed by atoms with Gasteiger partial charge in [0.25, 0.3) is 0 Å². The number of ether oxygens (including phenoxy) is 2. The maximum atomic E-state index is 13.9. The van der Waals surface area contributed by atoms with Crippen molar-refractivity contribution in [2.24, 2.45) is 5.73 Å². The van der Waals surface area contributed by atoms with Crippen molar-refractivity contribution in [3.63, 3.8) is 0 Å². The fourth-order valence-corrected chi connectivity index (χ4v) is 5.16. The Morgan fingerprint density at radius 2 is 2.00 bits per heavy atom. The number of carbonyl (C=O) groups excluding carboxylic acids is 2. The van der Waals surface area contributed by atoms with E-state index < -0.39 is 22.7 Å².